The van der Waals surface area contributed by atoms with Crippen LogP contribution < -0.4 is 4.74 Å². The van der Waals surface area contributed by atoms with Crippen LogP contribution in [0.25, 0.3) is 0 Å². The van der Waals surface area contributed by atoms with Gasteiger partial charge >= 0.3 is 0 Å². The number of nitrogens with one attached hydrogen (secondary N) is 1. The zero-order chi connectivity index (χ0) is 16.9. The molecular formula is C18H20N4O2S. The third-order valence-corrected chi connectivity index (χ3v) is 6.93. The number of hydrogen-bond acceptors (Lipinski definition) is 5. The lowest BCUT2D eigenvalue weighted by Gasteiger charge is -2.47. The molecule has 2 saturated heterocycles. The second-order valence-electron chi connectivity index (χ2n) is 7.15. The molecular weight excluding hydrogens is 336 g/mol. The van der Waals surface area contributed by atoms with Gasteiger partial charge in [0.25, 0.3) is 5.91 Å². The summed E-state index contributed by atoms with van der Waals surface area (Å²) in [5.41, 5.74) is 2.94. The van der Waals surface area contributed by atoms with Crippen LogP contribution in [0.2, 0.25) is 0 Å². The number of thioether (sulfide) groups is 1. The summed E-state index contributed by atoms with van der Waals surface area (Å²) in [4.78, 5) is 18.9. The predicted molar refractivity (Wildman–Crippen MR) is 95.0 cm³/mol. The van der Waals surface area contributed by atoms with Crippen molar-refractivity contribution in [2.75, 3.05) is 18.8 Å². The average Bonchev–Trinajstić information content (AvgIpc) is 3.29. The number of aromatic amines is 1. The normalized spacial score (nSPS) is 23.5. The van der Waals surface area contributed by atoms with E-state index in [4.69, 9.17) is 4.74 Å². The smallest absolute Gasteiger partial charge is 0.274 e. The largest absolute Gasteiger partial charge is 0.473 e. The molecule has 1 aliphatic carbocycles. The van der Waals surface area contributed by atoms with E-state index in [1.165, 1.54) is 0 Å². The van der Waals surface area contributed by atoms with E-state index in [1.54, 1.807) is 6.20 Å². The summed E-state index contributed by atoms with van der Waals surface area (Å²) in [6.07, 6.45) is 6.00. The van der Waals surface area contributed by atoms with Gasteiger partial charge in [0.1, 0.15) is 6.10 Å². The van der Waals surface area contributed by atoms with E-state index in [0.717, 1.165) is 55.8 Å². The molecule has 0 saturated carbocycles. The molecule has 0 radical (unpaired) electrons. The predicted octanol–water partition coefficient (Wildman–Crippen LogP) is 2.07. The van der Waals surface area contributed by atoms with Crippen molar-refractivity contribution in [3.05, 3.63) is 41.3 Å². The quantitative estimate of drug-likeness (QED) is 0.912. The molecule has 3 aliphatic rings. The number of rotatable bonds is 3. The van der Waals surface area contributed by atoms with E-state index in [2.05, 4.69) is 15.2 Å². The molecule has 25 heavy (non-hydrogen) atoms. The number of nitrogens with zero attached hydrogens (tertiary/aromatic N) is 3. The van der Waals surface area contributed by atoms with E-state index in [-0.39, 0.29) is 16.8 Å². The molecule has 2 aliphatic heterocycles. The van der Waals surface area contributed by atoms with Gasteiger partial charge in [0.05, 0.1) is 4.75 Å². The van der Waals surface area contributed by atoms with Gasteiger partial charge in [-0.25, -0.2) is 4.98 Å². The molecule has 2 aromatic heterocycles. The highest BCUT2D eigenvalue weighted by Gasteiger charge is 2.52. The standard InChI is InChI=1S/C18H20N4O2S/c23-17(16-13-4-3-5-14(13)20-21-16)22-10-18(11-22)8-12(9-25-18)24-15-6-1-2-7-19-15/h1-2,6-7,12H,3-5,8-11H2,(H,20,21)/t12-/m1/s1. The molecule has 1 amide bonds. The summed E-state index contributed by atoms with van der Waals surface area (Å²) in [6.45, 7) is 1.58. The van der Waals surface area contributed by atoms with E-state index in [9.17, 15) is 4.79 Å². The summed E-state index contributed by atoms with van der Waals surface area (Å²) >= 11 is 1.93. The molecule has 2 fully saturated rings. The fourth-order valence-corrected chi connectivity index (χ4v) is 5.65. The maximum Gasteiger partial charge on any atom is 0.274 e. The number of pyridine rings is 1. The first-order chi connectivity index (χ1) is 12.2. The second kappa shape index (κ2) is 5.76. The number of aromatic nitrogens is 3. The highest BCUT2D eigenvalue weighted by atomic mass is 32.2. The maximum atomic E-state index is 12.8. The molecule has 1 atom stereocenters. The van der Waals surface area contributed by atoms with E-state index in [0.29, 0.717) is 11.6 Å². The van der Waals surface area contributed by atoms with Gasteiger partial charge in [-0.3, -0.25) is 9.89 Å². The first-order valence-corrected chi connectivity index (χ1v) is 9.78. The van der Waals surface area contributed by atoms with Crippen LogP contribution in [0, 0.1) is 0 Å². The first kappa shape index (κ1) is 15.3. The SMILES string of the molecule is O=C(c1n[nH]c2c1CCC2)N1CC2(C[C@@H](Oc3ccccn3)CS2)C1. The lowest BCUT2D eigenvalue weighted by molar-refractivity contribution is 0.0509. The molecule has 130 valence electrons. The molecule has 1 N–H and O–H groups in total. The molecule has 2 aromatic rings. The Balaban J connectivity index is 1.21. The molecule has 5 rings (SSSR count). The zero-order valence-electron chi connectivity index (χ0n) is 13.9. The Morgan fingerprint density at radius 1 is 1.36 bits per heavy atom. The molecule has 0 unspecified atom stereocenters. The number of carbonyl (C=O) groups excluding carboxylic acids is 1. The molecule has 6 nitrogen and oxygen atoms in total. The van der Waals surface area contributed by atoms with Gasteiger partial charge in [0, 0.05) is 48.8 Å². The van der Waals surface area contributed by atoms with Gasteiger partial charge in [0.15, 0.2) is 5.69 Å². The molecule has 0 bridgehead atoms. The summed E-state index contributed by atoms with van der Waals surface area (Å²) in [6, 6.07) is 5.72. The highest BCUT2D eigenvalue weighted by molar-refractivity contribution is 8.01. The van der Waals surface area contributed by atoms with Crippen molar-refractivity contribution in [2.24, 2.45) is 0 Å². The zero-order valence-corrected chi connectivity index (χ0v) is 14.7. The second-order valence-corrected chi connectivity index (χ2v) is 8.64. The fraction of sp³-hybridized carbons (Fsp3) is 0.500. The molecule has 7 heteroatoms. The van der Waals surface area contributed by atoms with E-state index >= 15 is 0 Å². The maximum absolute atomic E-state index is 12.8. The summed E-state index contributed by atoms with van der Waals surface area (Å²) in [7, 11) is 0. The van der Waals surface area contributed by atoms with Crippen molar-refractivity contribution in [3.8, 4) is 5.88 Å². The van der Waals surface area contributed by atoms with Crippen LogP contribution in [-0.4, -0.2) is 55.7 Å². The molecule has 4 heterocycles. The van der Waals surface area contributed by atoms with Gasteiger partial charge < -0.3 is 9.64 Å². The summed E-state index contributed by atoms with van der Waals surface area (Å²) < 4.78 is 6.13. The van der Waals surface area contributed by atoms with Crippen LogP contribution in [0.1, 0.15) is 34.6 Å². The number of amides is 1. The van der Waals surface area contributed by atoms with Crippen molar-refractivity contribution >= 4 is 17.7 Å². The van der Waals surface area contributed by atoms with Gasteiger partial charge in [-0.2, -0.15) is 5.10 Å². The van der Waals surface area contributed by atoms with E-state index < -0.39 is 0 Å². The minimum absolute atomic E-state index is 0.0831. The third kappa shape index (κ3) is 2.61. The summed E-state index contributed by atoms with van der Waals surface area (Å²) in [5.74, 6) is 1.72. The Hall–Kier alpha value is -2.02. The molecule has 0 aromatic carbocycles. The Labute approximate surface area is 150 Å². The van der Waals surface area contributed by atoms with Crippen LogP contribution in [0.4, 0.5) is 0 Å². The van der Waals surface area contributed by atoms with Crippen LogP contribution in [-0.2, 0) is 12.8 Å². The van der Waals surface area contributed by atoms with Crippen LogP contribution in [0.5, 0.6) is 5.88 Å². The lowest BCUT2D eigenvalue weighted by atomic mass is 9.92. The van der Waals surface area contributed by atoms with Crippen LogP contribution in [0.3, 0.4) is 0 Å². The van der Waals surface area contributed by atoms with E-state index in [1.807, 2.05) is 34.9 Å². The van der Waals surface area contributed by atoms with Crippen molar-refractivity contribution in [3.63, 3.8) is 0 Å². The van der Waals surface area contributed by atoms with Gasteiger partial charge in [-0.1, -0.05) is 6.07 Å². The van der Waals surface area contributed by atoms with Crippen molar-refractivity contribution in [1.29, 1.82) is 0 Å². The van der Waals surface area contributed by atoms with Gasteiger partial charge in [-0.15, -0.1) is 11.8 Å². The number of carbonyl (C=O) groups is 1. The van der Waals surface area contributed by atoms with Crippen molar-refractivity contribution in [1.82, 2.24) is 20.1 Å². The van der Waals surface area contributed by atoms with Gasteiger partial charge in [0.2, 0.25) is 5.88 Å². The number of hydrogen-bond donors (Lipinski definition) is 1. The minimum Gasteiger partial charge on any atom is -0.473 e. The van der Waals surface area contributed by atoms with Crippen molar-refractivity contribution < 1.29 is 9.53 Å². The number of aryl methyl sites for hydroxylation is 1. The summed E-state index contributed by atoms with van der Waals surface area (Å²) in [5, 5.41) is 7.31. The Kier molecular flexibility index (Phi) is 3.51. The third-order valence-electron chi connectivity index (χ3n) is 5.35. The highest BCUT2D eigenvalue weighted by Crippen LogP contribution is 2.46. The Morgan fingerprint density at radius 2 is 2.28 bits per heavy atom. The molecule has 1 spiro atoms. The minimum atomic E-state index is 0.0831. The first-order valence-electron chi connectivity index (χ1n) is 8.79. The van der Waals surface area contributed by atoms with Crippen molar-refractivity contribution in [2.45, 2.75) is 36.5 Å². The average molecular weight is 356 g/mol. The monoisotopic (exact) mass is 356 g/mol. The Bertz CT molecular complexity index is 801. The van der Waals surface area contributed by atoms with Crippen LogP contribution in [0.15, 0.2) is 24.4 Å². The number of ether oxygens (including phenoxy) is 1. The lowest BCUT2D eigenvalue weighted by Crippen LogP contribution is -2.61. The van der Waals surface area contributed by atoms with Crippen LogP contribution >= 0.6 is 11.8 Å². The fourth-order valence-electron chi connectivity index (χ4n) is 4.13. The van der Waals surface area contributed by atoms with Gasteiger partial charge in [-0.05, 0) is 25.3 Å². The number of H-pyrrole nitrogens is 1. The number of likely N-dealkylation sites (tertiary alicyclic amines) is 1. The topological polar surface area (TPSA) is 71.1 Å². The number of fused-ring (bicyclic) bond motifs is 1. The Morgan fingerprint density at radius 3 is 3.12 bits per heavy atom.